The number of aliphatic hydroxyl groups excluding tert-OH is 4. The molecular formula is C82H98N4O12. The summed E-state index contributed by atoms with van der Waals surface area (Å²) in [5.41, 5.74) is 13.7. The Balaban J connectivity index is 0.830. The summed E-state index contributed by atoms with van der Waals surface area (Å²) in [4.78, 5) is 31.6. The molecule has 16 heteroatoms. The predicted molar refractivity (Wildman–Crippen MR) is 372 cm³/mol. The molecule has 0 amide bonds. The number of allylic oxidation sites excluding steroid dienone is 7. The third kappa shape index (κ3) is 9.69. The normalized spacial score (nSPS) is 36.1. The zero-order valence-electron chi connectivity index (χ0n) is 57.1. The maximum atomic E-state index is 16.5. The number of carbonyl (C=O) groups excluding carboxylic acids is 1. The standard InChI is InChI=1S/C82H98N4O12/c1-5-61(82(95)36-59-51-22-26-81(37-63(51)82)35-45(72(92)56-15-11-14-52(59)70(56)81)29-48(90)28-41(2)43-12-7-6-8-13-43)78(94)97-65-33-58-73(93)68-64(91)32-49(39-87)96-75(68)69-66-55-23-27-84-76(83)67(55)71(80(24-9-10-25-80)34-44-17-18-47(89)31-57(44)60(66)40-88)54-21-20-50-46(30-62(54)79(65,4)98-74(58)69)38-85-77-53(50)19-16-42(3)86-77/h5,11,14-19,22-23,26,31-32,38,41-43,45,48,51,54,59-60,62-63,65-66,71-72,77,84-90,92-93,95H,6-10,12-13,20-21,24-25,27-30,33-37,39-40,83H2,1-4H3. The molecule has 5 aliphatic heterocycles. The molecule has 18 unspecified atom stereocenters. The van der Waals surface area contributed by atoms with Gasteiger partial charge in [-0.25, -0.2) is 4.79 Å². The van der Waals surface area contributed by atoms with Crippen LogP contribution in [0.5, 0.6) is 17.2 Å². The van der Waals surface area contributed by atoms with Gasteiger partial charge in [0.2, 0.25) is 0 Å². The zero-order valence-corrected chi connectivity index (χ0v) is 57.1. The van der Waals surface area contributed by atoms with Crippen molar-refractivity contribution in [2.45, 2.75) is 221 Å². The second-order valence-electron chi connectivity index (χ2n) is 32.7. The third-order valence-corrected chi connectivity index (χ3v) is 27.8. The lowest BCUT2D eigenvalue weighted by atomic mass is 9.54. The number of hydrogen-bond donors (Lipinski definition) is 11. The van der Waals surface area contributed by atoms with Crippen LogP contribution in [0, 0.1) is 52.8 Å². The van der Waals surface area contributed by atoms with Crippen molar-refractivity contribution in [1.29, 1.82) is 0 Å². The van der Waals surface area contributed by atoms with Gasteiger partial charge in [0.05, 0.1) is 24.4 Å². The fourth-order valence-corrected chi connectivity index (χ4v) is 23.6. The zero-order chi connectivity index (χ0) is 67.6. The van der Waals surface area contributed by atoms with Crippen molar-refractivity contribution >= 4 is 16.9 Å². The summed E-state index contributed by atoms with van der Waals surface area (Å²) in [5.74, 6) is -3.16. The molecule has 3 aromatic carbocycles. The van der Waals surface area contributed by atoms with Crippen LogP contribution in [0.25, 0.3) is 11.0 Å². The van der Waals surface area contributed by atoms with Crippen molar-refractivity contribution in [1.82, 2.24) is 16.0 Å². The van der Waals surface area contributed by atoms with Crippen LogP contribution >= 0.6 is 0 Å². The third-order valence-electron chi connectivity index (χ3n) is 27.8. The summed E-state index contributed by atoms with van der Waals surface area (Å²) >= 11 is 0. The van der Waals surface area contributed by atoms with Gasteiger partial charge in [-0.3, -0.25) is 10.1 Å². The summed E-state index contributed by atoms with van der Waals surface area (Å²) in [5, 5.41) is 97.7. The number of aromatic hydroxyl groups is 2. The lowest BCUT2D eigenvalue weighted by molar-refractivity contribution is -0.173. The molecule has 8 bridgehead atoms. The monoisotopic (exact) mass is 1330 g/mol. The van der Waals surface area contributed by atoms with E-state index in [0.29, 0.717) is 81.1 Å². The van der Waals surface area contributed by atoms with E-state index in [1.165, 1.54) is 49.3 Å². The van der Waals surface area contributed by atoms with Crippen molar-refractivity contribution in [2.24, 2.45) is 58.5 Å². The Kier molecular flexibility index (Phi) is 15.7. The van der Waals surface area contributed by atoms with Crippen LogP contribution in [-0.2, 0) is 34.4 Å². The van der Waals surface area contributed by atoms with Crippen molar-refractivity contribution in [3.63, 3.8) is 0 Å². The van der Waals surface area contributed by atoms with E-state index in [9.17, 15) is 35.7 Å². The second-order valence-corrected chi connectivity index (χ2v) is 32.7. The van der Waals surface area contributed by atoms with Gasteiger partial charge in [-0.2, -0.15) is 0 Å². The molecule has 4 aromatic rings. The highest BCUT2D eigenvalue weighted by atomic mass is 16.6. The molecule has 518 valence electrons. The summed E-state index contributed by atoms with van der Waals surface area (Å²) in [6, 6.07) is 13.1. The van der Waals surface area contributed by atoms with E-state index in [1.54, 1.807) is 25.1 Å². The number of ether oxygens (including phenoxy) is 2. The molecule has 4 fully saturated rings. The number of phenols is 2. The smallest absolute Gasteiger partial charge is 0.337 e. The Bertz CT molecular complexity index is 4260. The van der Waals surface area contributed by atoms with Crippen LogP contribution in [-0.4, -0.2) is 90.5 Å². The van der Waals surface area contributed by atoms with Gasteiger partial charge < -0.3 is 66.0 Å². The molecule has 18 atom stereocenters. The molecule has 9 aliphatic carbocycles. The van der Waals surface area contributed by atoms with Gasteiger partial charge in [0.15, 0.2) is 5.43 Å². The predicted octanol–water partition coefficient (Wildman–Crippen LogP) is 11.4. The largest absolute Gasteiger partial charge is 0.508 e. The molecule has 0 saturated heterocycles. The Morgan fingerprint density at radius 2 is 1.77 bits per heavy atom. The number of rotatable bonds is 10. The van der Waals surface area contributed by atoms with Crippen LogP contribution in [0.1, 0.15) is 205 Å². The Labute approximate surface area is 573 Å². The molecule has 1 aromatic heterocycles. The number of fused-ring (bicyclic) bond motifs is 11. The number of esters is 1. The minimum Gasteiger partial charge on any atom is -0.508 e. The number of benzene rings is 3. The Morgan fingerprint density at radius 1 is 0.959 bits per heavy atom. The van der Waals surface area contributed by atoms with Crippen molar-refractivity contribution in [2.75, 3.05) is 13.2 Å². The van der Waals surface area contributed by atoms with E-state index < -0.39 is 94.4 Å². The minimum absolute atomic E-state index is 0.0111. The molecular weight excluding hydrogens is 1230 g/mol. The lowest BCUT2D eigenvalue weighted by Crippen LogP contribution is -2.60. The Morgan fingerprint density at radius 3 is 2.55 bits per heavy atom. The highest BCUT2D eigenvalue weighted by Crippen LogP contribution is 2.69. The van der Waals surface area contributed by atoms with Crippen LogP contribution in [0.15, 0.2) is 134 Å². The number of nitrogens with two attached hydrogens (primary N) is 1. The summed E-state index contributed by atoms with van der Waals surface area (Å²) in [7, 11) is 0. The maximum Gasteiger partial charge on any atom is 0.337 e. The SMILES string of the molecule is CC=C(C(=O)OC1Cc2c3c(c4oc(CO)cc(=O)c4c2O)C2C4=CCNC(N)=C4C(C4CCC5=C6C=CC(C)NC6NC=C5CC4C1(C)O3)C1(CCCC1)Cc1ccc(O)cc1C2CO)C1(O)CC2c3cccc4c3C3(C=CC2C1C3)CC(CC(O)CC(C)C1CCCCC1)C4O. The Hall–Kier alpha value is -6.92. The van der Waals surface area contributed by atoms with E-state index in [2.05, 4.69) is 85.4 Å². The molecule has 14 aliphatic rings. The summed E-state index contributed by atoms with van der Waals surface area (Å²) in [6.07, 6.45) is 27.1. The van der Waals surface area contributed by atoms with E-state index in [1.807, 2.05) is 12.1 Å². The molecule has 6 heterocycles. The van der Waals surface area contributed by atoms with Gasteiger partial charge in [0, 0.05) is 71.5 Å². The van der Waals surface area contributed by atoms with Crippen molar-refractivity contribution in [3.05, 3.63) is 179 Å². The lowest BCUT2D eigenvalue weighted by Gasteiger charge is -2.55. The number of hydrogen-bond acceptors (Lipinski definition) is 16. The van der Waals surface area contributed by atoms with Crippen LogP contribution in [0.4, 0.5) is 0 Å². The van der Waals surface area contributed by atoms with E-state index in [-0.39, 0.29) is 94.0 Å². The van der Waals surface area contributed by atoms with Crippen LogP contribution in [0.2, 0.25) is 0 Å². The highest BCUT2D eigenvalue weighted by molar-refractivity contribution is 5.93. The first-order chi connectivity index (χ1) is 47.3. The molecule has 2 spiro atoms. The van der Waals surface area contributed by atoms with Gasteiger partial charge in [-0.1, -0.05) is 113 Å². The van der Waals surface area contributed by atoms with Gasteiger partial charge in [-0.05, 0) is 206 Å². The molecule has 12 N–H and O–H groups in total. The number of phenolic OH excluding ortho intramolecular Hbond substituents is 2. The number of aliphatic hydroxyl groups is 5. The summed E-state index contributed by atoms with van der Waals surface area (Å²) < 4.78 is 22.3. The van der Waals surface area contributed by atoms with Crippen molar-refractivity contribution in [3.8, 4) is 17.2 Å². The van der Waals surface area contributed by atoms with Crippen LogP contribution < -0.4 is 31.8 Å². The fourth-order valence-electron chi connectivity index (χ4n) is 23.6. The molecule has 16 nitrogen and oxygen atoms in total. The number of carbonyl (C=O) groups is 1. The summed E-state index contributed by atoms with van der Waals surface area (Å²) in [6.45, 7) is 7.59. The van der Waals surface area contributed by atoms with Gasteiger partial charge >= 0.3 is 5.97 Å². The molecule has 18 rings (SSSR count). The number of nitrogens with one attached hydrogen (secondary N) is 3. The van der Waals surface area contributed by atoms with E-state index in [4.69, 9.17) is 19.6 Å². The number of dihydropyridines is 2. The van der Waals surface area contributed by atoms with Gasteiger partial charge in [0.1, 0.15) is 69.9 Å². The van der Waals surface area contributed by atoms with E-state index >= 15 is 9.59 Å². The highest BCUT2D eigenvalue weighted by Gasteiger charge is 2.66. The average Bonchev–Trinajstić information content (AvgIpc) is 1.39. The van der Waals surface area contributed by atoms with Crippen molar-refractivity contribution < 1.29 is 54.4 Å². The quantitative estimate of drug-likeness (QED) is 0.0400. The first-order valence-electron chi connectivity index (χ1n) is 37.2. The average molecular weight is 1330 g/mol. The van der Waals surface area contributed by atoms with E-state index in [0.717, 1.165) is 70.2 Å². The van der Waals surface area contributed by atoms with Gasteiger partial charge in [0.25, 0.3) is 0 Å². The molecule has 98 heavy (non-hydrogen) atoms. The van der Waals surface area contributed by atoms with Crippen LogP contribution in [0.3, 0.4) is 0 Å². The first kappa shape index (κ1) is 64.5. The minimum atomic E-state index is -1.68. The maximum absolute atomic E-state index is 16.5. The molecule has 0 radical (unpaired) electrons. The fraction of sp³-hybridized carbons (Fsp3) is 0.561. The topological polar surface area (TPSA) is 269 Å². The molecule has 4 saturated carbocycles. The van der Waals surface area contributed by atoms with Gasteiger partial charge in [-0.15, -0.1) is 0 Å². The first-order valence-corrected chi connectivity index (χ1v) is 37.2. The second kappa shape index (κ2) is 23.9.